The molecule has 0 saturated carbocycles. The van der Waals surface area contributed by atoms with Gasteiger partial charge in [0.05, 0.1) is 18.0 Å². The Morgan fingerprint density at radius 1 is 1.47 bits per heavy atom. The molecule has 0 aliphatic heterocycles. The first kappa shape index (κ1) is 12.4. The molecule has 4 nitrogen and oxygen atoms in total. The molecular weight excluding hydrogens is 258 g/mol. The maximum absolute atomic E-state index is 9.99. The molecule has 1 aromatic rings. The number of aliphatic hydroxyl groups is 1. The number of rotatable bonds is 4. The number of aromatic nitrogens is 2. The lowest BCUT2D eigenvalue weighted by Crippen LogP contribution is -2.38. The van der Waals surface area contributed by atoms with E-state index < -0.39 is 5.60 Å². The second-order valence-electron chi connectivity index (χ2n) is 4.09. The summed E-state index contributed by atoms with van der Waals surface area (Å²) >= 11 is 3.21. The van der Waals surface area contributed by atoms with Gasteiger partial charge in [-0.2, -0.15) is 0 Å². The molecule has 1 atom stereocenters. The van der Waals surface area contributed by atoms with Crippen molar-refractivity contribution in [2.45, 2.75) is 26.4 Å². The van der Waals surface area contributed by atoms with Gasteiger partial charge in [-0.25, -0.2) is 9.97 Å². The van der Waals surface area contributed by atoms with E-state index in [-0.39, 0.29) is 5.92 Å². The molecule has 0 bridgehead atoms. The standard InChI is InChI=1S/C10H16BrN3O/c1-7(2)10(3,15)6-14-9-5-12-8(11)4-13-9/h4-5,7,15H,6H2,1-3H3,(H,13,14). The van der Waals surface area contributed by atoms with Crippen LogP contribution in [0.3, 0.4) is 0 Å². The molecule has 0 aliphatic carbocycles. The van der Waals surface area contributed by atoms with Crippen molar-refractivity contribution >= 4 is 21.7 Å². The van der Waals surface area contributed by atoms with E-state index in [1.807, 2.05) is 13.8 Å². The summed E-state index contributed by atoms with van der Waals surface area (Å²) in [5.74, 6) is 0.854. The lowest BCUT2D eigenvalue weighted by atomic mass is 9.93. The maximum atomic E-state index is 9.99. The van der Waals surface area contributed by atoms with Crippen molar-refractivity contribution in [2.24, 2.45) is 5.92 Å². The summed E-state index contributed by atoms with van der Waals surface area (Å²) in [5.41, 5.74) is -0.741. The van der Waals surface area contributed by atoms with Crippen LogP contribution in [-0.4, -0.2) is 27.2 Å². The van der Waals surface area contributed by atoms with E-state index in [0.717, 1.165) is 0 Å². The molecule has 0 saturated heterocycles. The van der Waals surface area contributed by atoms with E-state index >= 15 is 0 Å². The van der Waals surface area contributed by atoms with Gasteiger partial charge < -0.3 is 10.4 Å². The van der Waals surface area contributed by atoms with Gasteiger partial charge in [0, 0.05) is 6.54 Å². The highest BCUT2D eigenvalue weighted by atomic mass is 79.9. The molecule has 0 spiro atoms. The Kier molecular flexibility index (Phi) is 4.04. The summed E-state index contributed by atoms with van der Waals surface area (Å²) < 4.78 is 0.698. The van der Waals surface area contributed by atoms with Gasteiger partial charge in [0.15, 0.2) is 0 Å². The molecule has 1 heterocycles. The van der Waals surface area contributed by atoms with Crippen molar-refractivity contribution in [1.82, 2.24) is 9.97 Å². The number of hydrogen-bond acceptors (Lipinski definition) is 4. The lowest BCUT2D eigenvalue weighted by Gasteiger charge is -2.27. The van der Waals surface area contributed by atoms with Gasteiger partial charge in [0.1, 0.15) is 10.4 Å². The summed E-state index contributed by atoms with van der Waals surface area (Å²) in [6.07, 6.45) is 3.24. The van der Waals surface area contributed by atoms with Crippen LogP contribution >= 0.6 is 15.9 Å². The molecule has 0 aromatic carbocycles. The van der Waals surface area contributed by atoms with Crippen LogP contribution in [0.4, 0.5) is 5.82 Å². The third-order valence-electron chi connectivity index (χ3n) is 2.49. The first-order chi connectivity index (χ1) is 6.92. The molecule has 1 unspecified atom stereocenters. The first-order valence-electron chi connectivity index (χ1n) is 4.85. The molecule has 0 fully saturated rings. The van der Waals surface area contributed by atoms with Crippen LogP contribution in [0.5, 0.6) is 0 Å². The summed E-state index contributed by atoms with van der Waals surface area (Å²) in [7, 11) is 0. The minimum absolute atomic E-state index is 0.188. The van der Waals surface area contributed by atoms with Crippen LogP contribution in [0.2, 0.25) is 0 Å². The molecule has 2 N–H and O–H groups in total. The van der Waals surface area contributed by atoms with Crippen LogP contribution in [0.15, 0.2) is 17.0 Å². The van der Waals surface area contributed by atoms with Crippen molar-refractivity contribution in [2.75, 3.05) is 11.9 Å². The van der Waals surface area contributed by atoms with E-state index in [1.165, 1.54) is 0 Å². The molecule has 1 aromatic heterocycles. The molecule has 0 amide bonds. The fourth-order valence-corrected chi connectivity index (χ4v) is 1.08. The normalized spacial score (nSPS) is 15.1. The van der Waals surface area contributed by atoms with Gasteiger partial charge in [-0.05, 0) is 28.8 Å². The molecular formula is C10H16BrN3O. The molecule has 1 rings (SSSR count). The Balaban J connectivity index is 2.54. The number of hydrogen-bond donors (Lipinski definition) is 2. The maximum Gasteiger partial charge on any atom is 0.144 e. The van der Waals surface area contributed by atoms with Crippen LogP contribution in [0, 0.1) is 5.92 Å². The molecule has 84 valence electrons. The largest absolute Gasteiger partial charge is 0.388 e. The quantitative estimate of drug-likeness (QED) is 0.882. The summed E-state index contributed by atoms with van der Waals surface area (Å²) in [6, 6.07) is 0. The number of anilines is 1. The molecule has 15 heavy (non-hydrogen) atoms. The minimum Gasteiger partial charge on any atom is -0.388 e. The minimum atomic E-state index is -0.741. The highest BCUT2D eigenvalue weighted by molar-refractivity contribution is 9.10. The molecule has 0 aliphatic rings. The van der Waals surface area contributed by atoms with Crippen LogP contribution < -0.4 is 5.32 Å². The van der Waals surface area contributed by atoms with Crippen LogP contribution in [-0.2, 0) is 0 Å². The molecule has 0 radical (unpaired) electrons. The van der Waals surface area contributed by atoms with Crippen molar-refractivity contribution in [1.29, 1.82) is 0 Å². The van der Waals surface area contributed by atoms with Crippen LogP contribution in [0.25, 0.3) is 0 Å². The second kappa shape index (κ2) is 4.90. The van der Waals surface area contributed by atoms with Gasteiger partial charge >= 0.3 is 0 Å². The Morgan fingerprint density at radius 2 is 2.13 bits per heavy atom. The summed E-state index contributed by atoms with van der Waals surface area (Å²) in [5, 5.41) is 13.0. The topological polar surface area (TPSA) is 58.0 Å². The predicted octanol–water partition coefficient (Wildman–Crippen LogP) is 2.06. The number of nitrogens with zero attached hydrogens (tertiary/aromatic N) is 2. The third kappa shape index (κ3) is 3.76. The molecule has 5 heteroatoms. The van der Waals surface area contributed by atoms with E-state index in [0.29, 0.717) is 17.0 Å². The Hall–Kier alpha value is -0.680. The number of nitrogens with one attached hydrogen (secondary N) is 1. The van der Waals surface area contributed by atoms with Crippen molar-refractivity contribution < 1.29 is 5.11 Å². The van der Waals surface area contributed by atoms with Gasteiger partial charge in [-0.3, -0.25) is 0 Å². The van der Waals surface area contributed by atoms with E-state index in [9.17, 15) is 5.11 Å². The SMILES string of the molecule is CC(C)C(C)(O)CNc1cnc(Br)cn1. The summed E-state index contributed by atoms with van der Waals surface area (Å²) in [4.78, 5) is 8.14. The van der Waals surface area contributed by atoms with Crippen molar-refractivity contribution in [3.8, 4) is 0 Å². The zero-order valence-electron chi connectivity index (χ0n) is 9.16. The van der Waals surface area contributed by atoms with Gasteiger partial charge in [0.2, 0.25) is 0 Å². The first-order valence-corrected chi connectivity index (χ1v) is 5.65. The smallest absolute Gasteiger partial charge is 0.144 e. The highest BCUT2D eigenvalue weighted by Gasteiger charge is 2.24. The fourth-order valence-electron chi connectivity index (χ4n) is 0.877. The van der Waals surface area contributed by atoms with E-state index in [1.54, 1.807) is 19.3 Å². The monoisotopic (exact) mass is 273 g/mol. The number of halogens is 1. The van der Waals surface area contributed by atoms with Crippen LogP contribution in [0.1, 0.15) is 20.8 Å². The van der Waals surface area contributed by atoms with Gasteiger partial charge in [-0.1, -0.05) is 13.8 Å². The van der Waals surface area contributed by atoms with Gasteiger partial charge in [-0.15, -0.1) is 0 Å². The van der Waals surface area contributed by atoms with Gasteiger partial charge in [0.25, 0.3) is 0 Å². The Labute approximate surface area is 98.3 Å². The fraction of sp³-hybridized carbons (Fsp3) is 0.600. The average Bonchev–Trinajstić information content (AvgIpc) is 2.17. The zero-order chi connectivity index (χ0) is 11.5. The van der Waals surface area contributed by atoms with Crippen molar-refractivity contribution in [3.63, 3.8) is 0 Å². The predicted molar refractivity (Wildman–Crippen MR) is 63.7 cm³/mol. The Morgan fingerprint density at radius 3 is 2.60 bits per heavy atom. The average molecular weight is 274 g/mol. The second-order valence-corrected chi connectivity index (χ2v) is 4.90. The third-order valence-corrected chi connectivity index (χ3v) is 2.90. The van der Waals surface area contributed by atoms with E-state index in [4.69, 9.17) is 0 Å². The highest BCUT2D eigenvalue weighted by Crippen LogP contribution is 2.16. The Bertz CT molecular complexity index is 311. The van der Waals surface area contributed by atoms with E-state index in [2.05, 4.69) is 31.2 Å². The lowest BCUT2D eigenvalue weighted by molar-refractivity contribution is 0.0265. The van der Waals surface area contributed by atoms with Crippen molar-refractivity contribution in [3.05, 3.63) is 17.0 Å². The summed E-state index contributed by atoms with van der Waals surface area (Å²) in [6.45, 7) is 6.22. The zero-order valence-corrected chi connectivity index (χ0v) is 10.7.